The highest BCUT2D eigenvalue weighted by Gasteiger charge is 2.21. The lowest BCUT2D eigenvalue weighted by Gasteiger charge is -2.23. The number of hydrogen-bond donors (Lipinski definition) is 1. The molecule has 0 bridgehead atoms. The highest BCUT2D eigenvalue weighted by molar-refractivity contribution is 5.89. The van der Waals surface area contributed by atoms with E-state index in [4.69, 9.17) is 4.74 Å². The molecule has 128 valence electrons. The summed E-state index contributed by atoms with van der Waals surface area (Å²) < 4.78 is 6.07. The summed E-state index contributed by atoms with van der Waals surface area (Å²) in [7, 11) is 0. The summed E-state index contributed by atoms with van der Waals surface area (Å²) in [5, 5.41) is 5.29. The average Bonchev–Trinajstić information content (AvgIpc) is 2.65. The van der Waals surface area contributed by atoms with E-state index in [1.807, 2.05) is 37.3 Å². The molecule has 0 aromatic heterocycles. The van der Waals surface area contributed by atoms with Gasteiger partial charge in [0.2, 0.25) is 0 Å². The first kappa shape index (κ1) is 16.8. The van der Waals surface area contributed by atoms with Crippen molar-refractivity contribution in [2.45, 2.75) is 51.6 Å². The zero-order valence-corrected chi connectivity index (χ0v) is 14.5. The molecule has 1 N–H and O–H groups in total. The third kappa shape index (κ3) is 4.08. The second-order valence-corrected chi connectivity index (χ2v) is 6.74. The first-order chi connectivity index (χ1) is 11.8. The molecule has 1 aliphatic carbocycles. The van der Waals surface area contributed by atoms with Crippen molar-refractivity contribution < 1.29 is 9.53 Å². The third-order valence-electron chi connectivity index (χ3n) is 4.97. The van der Waals surface area contributed by atoms with Gasteiger partial charge in [0, 0.05) is 11.9 Å². The molecule has 1 aliphatic rings. The molecule has 24 heavy (non-hydrogen) atoms. The van der Waals surface area contributed by atoms with Crippen molar-refractivity contribution in [1.82, 2.24) is 5.32 Å². The maximum Gasteiger partial charge on any atom is 0.261 e. The monoisotopic (exact) mass is 325 g/mol. The van der Waals surface area contributed by atoms with Gasteiger partial charge in [-0.15, -0.1) is 0 Å². The molecular weight excluding hydrogens is 298 g/mol. The summed E-state index contributed by atoms with van der Waals surface area (Å²) in [4.78, 5) is 12.5. The summed E-state index contributed by atoms with van der Waals surface area (Å²) in [5.41, 5.74) is 0. The van der Waals surface area contributed by atoms with Gasteiger partial charge in [-0.1, -0.05) is 62.6 Å². The quantitative estimate of drug-likeness (QED) is 0.836. The third-order valence-corrected chi connectivity index (χ3v) is 4.97. The van der Waals surface area contributed by atoms with E-state index < -0.39 is 6.10 Å². The van der Waals surface area contributed by atoms with E-state index >= 15 is 0 Å². The van der Waals surface area contributed by atoms with Crippen LogP contribution in [-0.4, -0.2) is 18.6 Å². The molecule has 0 heterocycles. The average molecular weight is 325 g/mol. The van der Waals surface area contributed by atoms with Crippen LogP contribution in [0, 0.1) is 5.92 Å². The number of carbonyl (C=O) groups excluding carboxylic acids is 1. The van der Waals surface area contributed by atoms with Gasteiger partial charge in [-0.3, -0.25) is 4.79 Å². The van der Waals surface area contributed by atoms with Gasteiger partial charge < -0.3 is 10.1 Å². The van der Waals surface area contributed by atoms with Gasteiger partial charge >= 0.3 is 0 Å². The van der Waals surface area contributed by atoms with Crippen LogP contribution in [0.5, 0.6) is 5.75 Å². The second kappa shape index (κ2) is 8.18. The predicted octanol–water partition coefficient (Wildman–Crippen LogP) is 4.69. The summed E-state index contributed by atoms with van der Waals surface area (Å²) in [6, 6.07) is 14.1. The Hall–Kier alpha value is -2.03. The Morgan fingerprint density at radius 2 is 1.88 bits per heavy atom. The van der Waals surface area contributed by atoms with Crippen molar-refractivity contribution in [1.29, 1.82) is 0 Å². The van der Waals surface area contributed by atoms with Gasteiger partial charge in [-0.2, -0.15) is 0 Å². The molecule has 1 fully saturated rings. The fraction of sp³-hybridized carbons (Fsp3) is 0.476. The molecule has 2 aromatic carbocycles. The lowest BCUT2D eigenvalue weighted by Crippen LogP contribution is -2.40. The molecular formula is C21H27NO2. The largest absolute Gasteiger partial charge is 0.480 e. The van der Waals surface area contributed by atoms with Crippen molar-refractivity contribution in [3.8, 4) is 5.75 Å². The van der Waals surface area contributed by atoms with E-state index in [1.54, 1.807) is 0 Å². The van der Waals surface area contributed by atoms with E-state index in [-0.39, 0.29) is 5.91 Å². The maximum atomic E-state index is 12.5. The minimum Gasteiger partial charge on any atom is -0.480 e. The van der Waals surface area contributed by atoms with Crippen LogP contribution in [-0.2, 0) is 4.79 Å². The molecule has 3 rings (SSSR count). The molecule has 3 heteroatoms. The highest BCUT2D eigenvalue weighted by atomic mass is 16.5. The number of nitrogens with one attached hydrogen (secondary N) is 1. The number of ether oxygens (including phenoxy) is 1. The smallest absolute Gasteiger partial charge is 0.261 e. The van der Waals surface area contributed by atoms with Crippen LogP contribution in [0.3, 0.4) is 0 Å². The molecule has 1 saturated carbocycles. The van der Waals surface area contributed by atoms with Crippen LogP contribution in [0.15, 0.2) is 42.5 Å². The number of rotatable bonds is 6. The van der Waals surface area contributed by atoms with E-state index in [1.165, 1.54) is 32.1 Å². The molecule has 3 nitrogen and oxygen atoms in total. The maximum absolute atomic E-state index is 12.5. The number of amides is 1. The normalized spacial score (nSPS) is 16.7. The Balaban J connectivity index is 1.63. The first-order valence-electron chi connectivity index (χ1n) is 9.20. The Labute approximate surface area is 144 Å². The Morgan fingerprint density at radius 1 is 1.12 bits per heavy atom. The second-order valence-electron chi connectivity index (χ2n) is 6.74. The van der Waals surface area contributed by atoms with E-state index in [9.17, 15) is 4.79 Å². The summed E-state index contributed by atoms with van der Waals surface area (Å²) in [5.74, 6) is 1.43. The zero-order chi connectivity index (χ0) is 16.8. The minimum absolute atomic E-state index is 0.0102. The summed E-state index contributed by atoms with van der Waals surface area (Å²) >= 11 is 0. The first-order valence-corrected chi connectivity index (χ1v) is 9.20. The van der Waals surface area contributed by atoms with Crippen molar-refractivity contribution in [2.24, 2.45) is 5.92 Å². The van der Waals surface area contributed by atoms with Crippen LogP contribution in [0.1, 0.15) is 45.4 Å². The number of fused-ring (bicyclic) bond motifs is 1. The fourth-order valence-electron chi connectivity index (χ4n) is 3.52. The van der Waals surface area contributed by atoms with Gasteiger partial charge in [0.05, 0.1) is 0 Å². The van der Waals surface area contributed by atoms with Crippen molar-refractivity contribution in [3.63, 3.8) is 0 Å². The molecule has 0 radical (unpaired) electrons. The van der Waals surface area contributed by atoms with Crippen molar-refractivity contribution in [3.05, 3.63) is 42.5 Å². The van der Waals surface area contributed by atoms with Gasteiger partial charge in [0.25, 0.3) is 5.91 Å². The zero-order valence-electron chi connectivity index (χ0n) is 14.5. The molecule has 0 unspecified atom stereocenters. The summed E-state index contributed by atoms with van der Waals surface area (Å²) in [6.07, 6.45) is 6.64. The molecule has 2 aromatic rings. The Kier molecular flexibility index (Phi) is 5.73. The fourth-order valence-corrected chi connectivity index (χ4v) is 3.52. The van der Waals surface area contributed by atoms with Crippen molar-refractivity contribution >= 4 is 16.7 Å². The van der Waals surface area contributed by atoms with Crippen LogP contribution in [0.2, 0.25) is 0 Å². The highest BCUT2D eigenvalue weighted by Crippen LogP contribution is 2.27. The summed E-state index contributed by atoms with van der Waals surface area (Å²) in [6.45, 7) is 2.78. The van der Waals surface area contributed by atoms with E-state index in [0.717, 1.165) is 23.1 Å². The SMILES string of the molecule is CC[C@@H](Oc1cccc2ccccc12)C(=O)NCC1CCCCC1. The number of hydrogen-bond acceptors (Lipinski definition) is 2. The van der Waals surface area contributed by atoms with Gasteiger partial charge in [0.1, 0.15) is 5.75 Å². The Morgan fingerprint density at radius 3 is 2.67 bits per heavy atom. The molecule has 0 spiro atoms. The van der Waals surface area contributed by atoms with Gasteiger partial charge in [-0.05, 0) is 36.6 Å². The minimum atomic E-state index is -0.431. The lowest BCUT2D eigenvalue weighted by molar-refractivity contribution is -0.128. The van der Waals surface area contributed by atoms with Crippen molar-refractivity contribution in [2.75, 3.05) is 6.54 Å². The van der Waals surface area contributed by atoms with Gasteiger partial charge in [-0.25, -0.2) is 0 Å². The van der Waals surface area contributed by atoms with Crippen LogP contribution in [0.4, 0.5) is 0 Å². The Bertz CT molecular complexity index is 671. The molecule has 0 saturated heterocycles. The van der Waals surface area contributed by atoms with Gasteiger partial charge in [0.15, 0.2) is 6.10 Å². The molecule has 1 atom stereocenters. The predicted molar refractivity (Wildman–Crippen MR) is 98.2 cm³/mol. The van der Waals surface area contributed by atoms with E-state index in [2.05, 4.69) is 17.4 Å². The molecule has 1 amide bonds. The number of benzene rings is 2. The standard InChI is InChI=1S/C21H27NO2/c1-2-19(21(23)22-15-16-9-4-3-5-10-16)24-20-14-8-12-17-11-6-7-13-18(17)20/h6-8,11-14,16,19H,2-5,9-10,15H2,1H3,(H,22,23)/t19-/m1/s1. The number of carbonyl (C=O) groups is 1. The lowest BCUT2D eigenvalue weighted by atomic mass is 9.89. The van der Waals surface area contributed by atoms with Crippen LogP contribution >= 0.6 is 0 Å². The topological polar surface area (TPSA) is 38.3 Å². The van der Waals surface area contributed by atoms with Crippen LogP contribution in [0.25, 0.3) is 10.8 Å². The van der Waals surface area contributed by atoms with Crippen LogP contribution < -0.4 is 10.1 Å². The molecule has 0 aliphatic heterocycles. The van der Waals surface area contributed by atoms with E-state index in [0.29, 0.717) is 12.3 Å².